The van der Waals surface area contributed by atoms with Crippen LogP contribution in [0.25, 0.3) is 0 Å². The maximum atomic E-state index is 13.3. The summed E-state index contributed by atoms with van der Waals surface area (Å²) in [6.07, 6.45) is -3.03. The molecule has 0 aliphatic heterocycles. The third-order valence-corrected chi connectivity index (χ3v) is 2.37. The molecular weight excluding hydrogens is 231 g/mol. The smallest absolute Gasteiger partial charge is 0.339 e. The van der Waals surface area contributed by atoms with E-state index in [0.717, 1.165) is 6.07 Å². The molecule has 0 saturated heterocycles. The first-order chi connectivity index (χ1) is 7.99. The summed E-state index contributed by atoms with van der Waals surface area (Å²) in [7, 11) is 0. The van der Waals surface area contributed by atoms with E-state index >= 15 is 0 Å². The molecule has 17 heavy (non-hydrogen) atoms. The van der Waals surface area contributed by atoms with Gasteiger partial charge in [-0.3, -0.25) is 0 Å². The summed E-state index contributed by atoms with van der Waals surface area (Å²) >= 11 is 0. The number of carboxylic acids is 1. The van der Waals surface area contributed by atoms with E-state index in [1.165, 1.54) is 12.1 Å². The fourth-order valence-electron chi connectivity index (χ4n) is 1.51. The molecule has 2 atom stereocenters. The number of halogens is 1. The molecule has 1 aromatic carbocycles. The molecule has 0 aliphatic carbocycles. The normalized spacial score (nSPS) is 14.4. The van der Waals surface area contributed by atoms with Crippen LogP contribution in [0.15, 0.2) is 18.2 Å². The van der Waals surface area contributed by atoms with Crippen LogP contribution in [0, 0.1) is 5.82 Å². The zero-order valence-corrected chi connectivity index (χ0v) is 8.88. The number of hydrogen-bond donors (Lipinski definition) is 4. The molecule has 5 nitrogen and oxygen atoms in total. The minimum absolute atomic E-state index is 0.128. The zero-order chi connectivity index (χ0) is 13.0. The van der Waals surface area contributed by atoms with Crippen LogP contribution in [0.2, 0.25) is 0 Å². The van der Waals surface area contributed by atoms with Gasteiger partial charge in [0, 0.05) is 12.2 Å². The van der Waals surface area contributed by atoms with E-state index in [4.69, 9.17) is 10.2 Å². The van der Waals surface area contributed by atoms with Crippen molar-refractivity contribution in [1.29, 1.82) is 0 Å². The van der Waals surface area contributed by atoms with Gasteiger partial charge in [-0.15, -0.1) is 0 Å². The molecule has 0 saturated carbocycles. The van der Waals surface area contributed by atoms with E-state index < -0.39 is 29.6 Å². The lowest BCUT2D eigenvalue weighted by molar-refractivity contribution is 0.00332. The van der Waals surface area contributed by atoms with Crippen LogP contribution in [0.4, 0.5) is 4.39 Å². The van der Waals surface area contributed by atoms with Crippen LogP contribution in [0.5, 0.6) is 0 Å². The number of aromatic carboxylic acids is 1. The Morgan fingerprint density at radius 1 is 1.35 bits per heavy atom. The second-order valence-corrected chi connectivity index (χ2v) is 3.53. The highest BCUT2D eigenvalue weighted by molar-refractivity contribution is 5.89. The predicted octanol–water partition coefficient (Wildman–Crippen LogP) is 0.301. The number of carboxylic acid groups (broad SMARTS) is 1. The summed E-state index contributed by atoms with van der Waals surface area (Å²) in [5, 5.41) is 36.6. The second kappa shape index (κ2) is 5.72. The predicted molar refractivity (Wildman–Crippen MR) is 56.0 cm³/mol. The average Bonchev–Trinajstić information content (AvgIpc) is 2.27. The minimum atomic E-state index is -1.55. The molecule has 0 aliphatic rings. The molecule has 0 radical (unpaired) electrons. The van der Waals surface area contributed by atoms with Crippen molar-refractivity contribution in [3.05, 3.63) is 35.1 Å². The lowest BCUT2D eigenvalue weighted by Gasteiger charge is -2.19. The van der Waals surface area contributed by atoms with Gasteiger partial charge in [0.1, 0.15) is 17.5 Å². The maximum absolute atomic E-state index is 13.3. The number of carbonyl (C=O) groups is 1. The van der Waals surface area contributed by atoms with Crippen molar-refractivity contribution < 1.29 is 29.6 Å². The van der Waals surface area contributed by atoms with E-state index in [-0.39, 0.29) is 18.6 Å². The summed E-state index contributed by atoms with van der Waals surface area (Å²) < 4.78 is 13.3. The van der Waals surface area contributed by atoms with Crippen molar-refractivity contribution in [2.75, 3.05) is 6.61 Å². The Balaban J connectivity index is 3.13. The molecule has 1 rings (SSSR count). The fourth-order valence-corrected chi connectivity index (χ4v) is 1.51. The van der Waals surface area contributed by atoms with Crippen molar-refractivity contribution >= 4 is 5.97 Å². The monoisotopic (exact) mass is 244 g/mol. The Kier molecular flexibility index (Phi) is 4.56. The number of aliphatic hydroxyl groups excluding tert-OH is 3. The van der Waals surface area contributed by atoms with Crippen LogP contribution in [0.1, 0.15) is 28.4 Å². The minimum Gasteiger partial charge on any atom is -0.478 e. The van der Waals surface area contributed by atoms with Gasteiger partial charge in [0.15, 0.2) is 0 Å². The molecule has 4 N–H and O–H groups in total. The Labute approximate surface area is 96.8 Å². The number of hydrogen-bond acceptors (Lipinski definition) is 4. The summed E-state index contributed by atoms with van der Waals surface area (Å²) in [5.74, 6) is -2.50. The maximum Gasteiger partial charge on any atom is 0.339 e. The van der Waals surface area contributed by atoms with Gasteiger partial charge in [-0.1, -0.05) is 12.1 Å². The van der Waals surface area contributed by atoms with Gasteiger partial charge >= 0.3 is 5.97 Å². The highest BCUT2D eigenvalue weighted by Gasteiger charge is 2.25. The molecule has 0 aromatic heterocycles. The average molecular weight is 244 g/mol. The van der Waals surface area contributed by atoms with Crippen LogP contribution >= 0.6 is 0 Å². The van der Waals surface area contributed by atoms with Gasteiger partial charge in [0.05, 0.1) is 6.10 Å². The van der Waals surface area contributed by atoms with Gasteiger partial charge in [-0.2, -0.15) is 0 Å². The molecule has 1 aromatic rings. The lowest BCUT2D eigenvalue weighted by atomic mass is 9.97. The van der Waals surface area contributed by atoms with Crippen LogP contribution in [-0.4, -0.2) is 39.1 Å². The van der Waals surface area contributed by atoms with Crippen molar-refractivity contribution in [3.8, 4) is 0 Å². The van der Waals surface area contributed by atoms with Gasteiger partial charge in [-0.25, -0.2) is 9.18 Å². The quantitative estimate of drug-likeness (QED) is 0.597. The zero-order valence-electron chi connectivity index (χ0n) is 8.88. The first-order valence-electron chi connectivity index (χ1n) is 4.97. The SMILES string of the molecule is O=C(O)c1c(F)cccc1C(O)C(O)CCO. The van der Waals surface area contributed by atoms with Gasteiger partial charge in [0.2, 0.25) is 0 Å². The lowest BCUT2D eigenvalue weighted by Crippen LogP contribution is -2.22. The number of benzene rings is 1. The Hall–Kier alpha value is -1.50. The van der Waals surface area contributed by atoms with Gasteiger partial charge in [0.25, 0.3) is 0 Å². The topological polar surface area (TPSA) is 98.0 Å². The third-order valence-electron chi connectivity index (χ3n) is 2.37. The summed E-state index contributed by atoms with van der Waals surface area (Å²) in [4.78, 5) is 10.8. The van der Waals surface area contributed by atoms with Crippen LogP contribution in [0.3, 0.4) is 0 Å². The molecule has 0 fully saturated rings. The molecule has 0 amide bonds. The summed E-state index contributed by atoms with van der Waals surface area (Å²) in [6, 6.07) is 3.42. The first kappa shape index (κ1) is 13.6. The summed E-state index contributed by atoms with van der Waals surface area (Å²) in [5.41, 5.74) is -0.879. The highest BCUT2D eigenvalue weighted by Crippen LogP contribution is 2.24. The van der Waals surface area contributed by atoms with E-state index in [1.54, 1.807) is 0 Å². The van der Waals surface area contributed by atoms with Gasteiger partial charge in [-0.05, 0) is 12.5 Å². The largest absolute Gasteiger partial charge is 0.478 e. The molecule has 2 unspecified atom stereocenters. The fraction of sp³-hybridized carbons (Fsp3) is 0.364. The Morgan fingerprint density at radius 3 is 2.53 bits per heavy atom. The molecule has 94 valence electrons. The van der Waals surface area contributed by atoms with E-state index in [1.807, 2.05) is 0 Å². The first-order valence-corrected chi connectivity index (χ1v) is 4.97. The molecule has 6 heteroatoms. The van der Waals surface area contributed by atoms with Crippen molar-refractivity contribution in [2.45, 2.75) is 18.6 Å². The van der Waals surface area contributed by atoms with Crippen LogP contribution < -0.4 is 0 Å². The number of aliphatic hydroxyl groups is 3. The standard InChI is InChI=1S/C11H13FO5/c12-7-3-1-2-6(9(7)11(16)17)10(15)8(14)4-5-13/h1-3,8,10,13-15H,4-5H2,(H,16,17). The second-order valence-electron chi connectivity index (χ2n) is 3.53. The van der Waals surface area contributed by atoms with Crippen molar-refractivity contribution in [1.82, 2.24) is 0 Å². The Bertz CT molecular complexity index is 407. The van der Waals surface area contributed by atoms with E-state index in [9.17, 15) is 19.4 Å². The summed E-state index contributed by atoms with van der Waals surface area (Å²) in [6.45, 7) is -0.365. The van der Waals surface area contributed by atoms with Crippen molar-refractivity contribution in [3.63, 3.8) is 0 Å². The van der Waals surface area contributed by atoms with Crippen molar-refractivity contribution in [2.24, 2.45) is 0 Å². The van der Waals surface area contributed by atoms with E-state index in [2.05, 4.69) is 0 Å². The molecule has 0 spiro atoms. The third kappa shape index (κ3) is 3.00. The van der Waals surface area contributed by atoms with Gasteiger partial charge < -0.3 is 20.4 Å². The molecule has 0 bridgehead atoms. The number of rotatable bonds is 5. The molecule has 0 heterocycles. The van der Waals surface area contributed by atoms with E-state index in [0.29, 0.717) is 0 Å². The van der Waals surface area contributed by atoms with Crippen LogP contribution in [-0.2, 0) is 0 Å². The molecular formula is C11H13FO5. The highest BCUT2D eigenvalue weighted by atomic mass is 19.1. The Morgan fingerprint density at radius 2 is 2.00 bits per heavy atom.